The van der Waals surface area contributed by atoms with Gasteiger partial charge in [0.1, 0.15) is 0 Å². The van der Waals surface area contributed by atoms with Crippen molar-refractivity contribution in [1.82, 2.24) is 5.32 Å². The van der Waals surface area contributed by atoms with Crippen LogP contribution >= 0.6 is 0 Å². The maximum absolute atomic E-state index is 12.0. The van der Waals surface area contributed by atoms with Crippen LogP contribution < -0.4 is 5.32 Å². The first-order valence-electron chi connectivity index (χ1n) is 5.86. The van der Waals surface area contributed by atoms with Crippen LogP contribution in [0.3, 0.4) is 0 Å². The molecule has 21 heavy (non-hydrogen) atoms. The number of hydrogen-bond donors (Lipinski definition) is 1. The highest BCUT2D eigenvalue weighted by atomic mass is 16.6. The van der Waals surface area contributed by atoms with E-state index in [0.29, 0.717) is 0 Å². The molecule has 110 valence electrons. The van der Waals surface area contributed by atoms with E-state index in [2.05, 4.69) is 22.4 Å². The molecule has 0 bridgehead atoms. The van der Waals surface area contributed by atoms with E-state index in [1.54, 1.807) is 0 Å². The van der Waals surface area contributed by atoms with Gasteiger partial charge in [-0.2, -0.15) is 0 Å². The number of rotatable bonds is 5. The van der Waals surface area contributed by atoms with Crippen molar-refractivity contribution >= 4 is 17.6 Å². The SMILES string of the molecule is C=C=CC(=O)NC(C)(C(=O)OC)c1cccc([N+](=O)[O-])c1. The lowest BCUT2D eigenvalue weighted by molar-refractivity contribution is -0.385. The summed E-state index contributed by atoms with van der Waals surface area (Å²) in [5.41, 5.74) is 0.749. The van der Waals surface area contributed by atoms with Gasteiger partial charge in [0.25, 0.3) is 11.6 Å². The molecule has 7 heteroatoms. The fourth-order valence-corrected chi connectivity index (χ4v) is 1.75. The van der Waals surface area contributed by atoms with E-state index >= 15 is 0 Å². The van der Waals surface area contributed by atoms with Crippen molar-refractivity contribution in [2.45, 2.75) is 12.5 Å². The van der Waals surface area contributed by atoms with Gasteiger partial charge in [-0.15, -0.1) is 5.73 Å². The summed E-state index contributed by atoms with van der Waals surface area (Å²) in [6.45, 7) is 4.65. The summed E-state index contributed by atoms with van der Waals surface area (Å²) >= 11 is 0. The monoisotopic (exact) mass is 290 g/mol. The fourth-order valence-electron chi connectivity index (χ4n) is 1.75. The Morgan fingerprint density at radius 3 is 2.71 bits per heavy atom. The molecule has 1 atom stereocenters. The molecule has 1 aromatic rings. The Balaban J connectivity index is 3.33. The first-order chi connectivity index (χ1) is 9.85. The zero-order chi connectivity index (χ0) is 16.0. The van der Waals surface area contributed by atoms with E-state index in [1.807, 2.05) is 0 Å². The van der Waals surface area contributed by atoms with Crippen molar-refractivity contribution in [1.29, 1.82) is 0 Å². The number of carbonyl (C=O) groups excluding carboxylic acids is 2. The van der Waals surface area contributed by atoms with Gasteiger partial charge in [0.2, 0.25) is 0 Å². The molecule has 1 N–H and O–H groups in total. The summed E-state index contributed by atoms with van der Waals surface area (Å²) in [6, 6.07) is 5.40. The Morgan fingerprint density at radius 1 is 1.52 bits per heavy atom. The summed E-state index contributed by atoms with van der Waals surface area (Å²) in [7, 11) is 1.16. The molecule has 7 nitrogen and oxygen atoms in total. The maximum Gasteiger partial charge on any atom is 0.336 e. The molecule has 0 heterocycles. The van der Waals surface area contributed by atoms with Crippen LogP contribution in [0.4, 0.5) is 5.69 Å². The maximum atomic E-state index is 12.0. The number of nitro groups is 1. The molecule has 1 unspecified atom stereocenters. The Morgan fingerprint density at radius 2 is 2.19 bits per heavy atom. The minimum absolute atomic E-state index is 0.198. The van der Waals surface area contributed by atoms with Crippen molar-refractivity contribution in [2.24, 2.45) is 0 Å². The first kappa shape index (κ1) is 16.1. The molecule has 0 saturated heterocycles. The lowest BCUT2D eigenvalue weighted by Gasteiger charge is -2.27. The molecule has 0 radical (unpaired) electrons. The van der Waals surface area contributed by atoms with Crippen LogP contribution in [0.1, 0.15) is 12.5 Å². The number of carbonyl (C=O) groups is 2. The normalized spacial score (nSPS) is 12.5. The number of nitro benzene ring substituents is 1. The van der Waals surface area contributed by atoms with Crippen molar-refractivity contribution in [3.63, 3.8) is 0 Å². The van der Waals surface area contributed by atoms with Gasteiger partial charge in [-0.1, -0.05) is 18.7 Å². The van der Waals surface area contributed by atoms with Crippen molar-refractivity contribution in [2.75, 3.05) is 7.11 Å². The predicted molar refractivity (Wildman–Crippen MR) is 74.3 cm³/mol. The quantitative estimate of drug-likeness (QED) is 0.291. The predicted octanol–water partition coefficient (Wildman–Crippen LogP) is 1.44. The van der Waals surface area contributed by atoms with E-state index in [1.165, 1.54) is 31.2 Å². The van der Waals surface area contributed by atoms with Gasteiger partial charge >= 0.3 is 5.97 Å². The molecule has 0 aromatic heterocycles. The molecule has 0 aliphatic carbocycles. The van der Waals surface area contributed by atoms with Crippen LogP contribution in [0.15, 0.2) is 42.7 Å². The first-order valence-corrected chi connectivity index (χ1v) is 5.86. The highest BCUT2D eigenvalue weighted by Gasteiger charge is 2.38. The van der Waals surface area contributed by atoms with Crippen LogP contribution in [0.25, 0.3) is 0 Å². The summed E-state index contributed by atoms with van der Waals surface area (Å²) in [5.74, 6) is -1.38. The van der Waals surface area contributed by atoms with Crippen LogP contribution in [0, 0.1) is 10.1 Å². The highest BCUT2D eigenvalue weighted by Crippen LogP contribution is 2.26. The van der Waals surface area contributed by atoms with Gasteiger partial charge in [-0.25, -0.2) is 4.79 Å². The van der Waals surface area contributed by atoms with E-state index in [0.717, 1.165) is 13.2 Å². The van der Waals surface area contributed by atoms with Crippen LogP contribution in [0.5, 0.6) is 0 Å². The molecule has 0 aliphatic rings. The van der Waals surface area contributed by atoms with Crippen molar-refractivity contribution < 1.29 is 19.2 Å². The van der Waals surface area contributed by atoms with Crippen LogP contribution in [-0.4, -0.2) is 23.9 Å². The van der Waals surface area contributed by atoms with Crippen molar-refractivity contribution in [3.8, 4) is 0 Å². The number of ether oxygens (including phenoxy) is 1. The number of nitrogens with one attached hydrogen (secondary N) is 1. The zero-order valence-electron chi connectivity index (χ0n) is 11.6. The molecule has 0 saturated carbocycles. The Bertz CT molecular complexity index is 634. The van der Waals surface area contributed by atoms with Gasteiger partial charge in [-0.3, -0.25) is 14.9 Å². The topological polar surface area (TPSA) is 98.5 Å². The lowest BCUT2D eigenvalue weighted by atomic mass is 9.91. The van der Waals surface area contributed by atoms with Gasteiger partial charge in [0, 0.05) is 18.2 Å². The van der Waals surface area contributed by atoms with E-state index in [4.69, 9.17) is 0 Å². The zero-order valence-corrected chi connectivity index (χ0v) is 11.6. The number of benzene rings is 1. The third-order valence-electron chi connectivity index (χ3n) is 2.83. The standard InChI is InChI=1S/C14H14N2O5/c1-4-6-12(17)15-14(2,13(18)21-3)10-7-5-8-11(9-10)16(19)20/h5-9H,1H2,2-3H3,(H,15,17). The smallest absolute Gasteiger partial charge is 0.336 e. The molecule has 0 aliphatic heterocycles. The number of nitrogens with zero attached hydrogens (tertiary/aromatic N) is 1. The number of non-ortho nitro benzene ring substituents is 1. The summed E-state index contributed by atoms with van der Waals surface area (Å²) in [6.07, 6.45) is 1.01. The number of hydrogen-bond acceptors (Lipinski definition) is 5. The molecule has 0 spiro atoms. The van der Waals surface area contributed by atoms with E-state index in [9.17, 15) is 19.7 Å². The summed E-state index contributed by atoms with van der Waals surface area (Å²) in [4.78, 5) is 33.9. The Hall–Kier alpha value is -2.92. The van der Waals surface area contributed by atoms with Gasteiger partial charge in [-0.05, 0) is 12.5 Å². The van der Waals surface area contributed by atoms with Gasteiger partial charge in [0.15, 0.2) is 5.54 Å². The minimum Gasteiger partial charge on any atom is -0.467 e. The largest absolute Gasteiger partial charge is 0.467 e. The molecule has 1 aromatic carbocycles. The van der Waals surface area contributed by atoms with Gasteiger partial charge < -0.3 is 10.1 Å². The molecular weight excluding hydrogens is 276 g/mol. The molecular formula is C14H14N2O5. The summed E-state index contributed by atoms with van der Waals surface area (Å²) in [5, 5.41) is 13.3. The second-order valence-electron chi connectivity index (χ2n) is 4.26. The Labute approximate surface area is 121 Å². The van der Waals surface area contributed by atoms with Crippen LogP contribution in [0.2, 0.25) is 0 Å². The summed E-state index contributed by atoms with van der Waals surface area (Å²) < 4.78 is 4.68. The fraction of sp³-hybridized carbons (Fsp3) is 0.214. The van der Waals surface area contributed by atoms with Crippen LogP contribution in [-0.2, 0) is 19.9 Å². The average Bonchev–Trinajstić information content (AvgIpc) is 2.46. The van der Waals surface area contributed by atoms with E-state index in [-0.39, 0.29) is 11.3 Å². The third kappa shape index (κ3) is 3.55. The molecule has 0 fully saturated rings. The molecule has 1 rings (SSSR count). The second kappa shape index (κ2) is 6.49. The van der Waals surface area contributed by atoms with E-state index < -0.39 is 22.3 Å². The molecule has 1 amide bonds. The number of esters is 1. The third-order valence-corrected chi connectivity index (χ3v) is 2.83. The second-order valence-corrected chi connectivity index (χ2v) is 4.26. The van der Waals surface area contributed by atoms with Crippen molar-refractivity contribution in [3.05, 3.63) is 58.3 Å². The van der Waals surface area contributed by atoms with Gasteiger partial charge in [0.05, 0.1) is 12.0 Å². The lowest BCUT2D eigenvalue weighted by Crippen LogP contribution is -2.49. The minimum atomic E-state index is -1.56. The number of amides is 1. The average molecular weight is 290 g/mol. The Kier molecular flexibility index (Phi) is 4.99. The highest BCUT2D eigenvalue weighted by molar-refractivity contribution is 5.93. The number of methoxy groups -OCH3 is 1.